The minimum Gasteiger partial charge on any atom is -0.346 e. The van der Waals surface area contributed by atoms with Gasteiger partial charge in [-0.3, -0.25) is 10.1 Å². The van der Waals surface area contributed by atoms with E-state index in [1.165, 1.54) is 31.2 Å². The molecule has 0 radical (unpaired) electrons. The van der Waals surface area contributed by atoms with Crippen LogP contribution in [-0.2, 0) is 0 Å². The van der Waals surface area contributed by atoms with Gasteiger partial charge in [0.15, 0.2) is 11.6 Å². The summed E-state index contributed by atoms with van der Waals surface area (Å²) in [7, 11) is 0. The third-order valence-electron chi connectivity index (χ3n) is 5.25. The summed E-state index contributed by atoms with van der Waals surface area (Å²) >= 11 is 6.27. The highest BCUT2D eigenvalue weighted by Crippen LogP contribution is 2.40. The number of halogens is 1. The normalized spacial score (nSPS) is 17.4. The third kappa shape index (κ3) is 3.80. The van der Waals surface area contributed by atoms with Crippen LogP contribution in [0.25, 0.3) is 0 Å². The Morgan fingerprint density at radius 3 is 2.64 bits per heavy atom. The third-order valence-corrected chi connectivity index (χ3v) is 5.53. The van der Waals surface area contributed by atoms with Crippen LogP contribution in [0.1, 0.15) is 67.4 Å². The number of aromatic amines is 1. The number of nitrogens with zero attached hydrogens (tertiary/aromatic N) is 4. The van der Waals surface area contributed by atoms with E-state index in [0.717, 1.165) is 11.4 Å². The summed E-state index contributed by atoms with van der Waals surface area (Å²) in [5.41, 5.74) is 3.44. The van der Waals surface area contributed by atoms with Gasteiger partial charge in [-0.25, -0.2) is 4.98 Å². The second kappa shape index (κ2) is 7.05. The lowest BCUT2D eigenvalue weighted by Gasteiger charge is -2.15. The van der Waals surface area contributed by atoms with Gasteiger partial charge in [-0.15, -0.1) is 0 Å². The van der Waals surface area contributed by atoms with Gasteiger partial charge in [-0.05, 0) is 50.2 Å². The van der Waals surface area contributed by atoms with Crippen molar-refractivity contribution in [3.05, 3.63) is 52.6 Å². The molecule has 2 saturated carbocycles. The summed E-state index contributed by atoms with van der Waals surface area (Å²) in [5, 5.41) is 14.3. The molecule has 0 aliphatic heterocycles. The average molecular weight is 396 g/mol. The second-order valence-corrected chi connectivity index (χ2v) is 8.06. The maximum absolute atomic E-state index is 6.27. The van der Waals surface area contributed by atoms with Crippen LogP contribution in [0.3, 0.4) is 0 Å². The molecule has 2 aliphatic carbocycles. The van der Waals surface area contributed by atoms with Crippen molar-refractivity contribution in [3.8, 4) is 0 Å². The summed E-state index contributed by atoms with van der Waals surface area (Å²) in [5.74, 6) is 3.04. The molecule has 3 N–H and O–H groups in total. The van der Waals surface area contributed by atoms with E-state index in [2.05, 4.69) is 47.9 Å². The Morgan fingerprint density at radius 2 is 1.93 bits per heavy atom. The summed E-state index contributed by atoms with van der Waals surface area (Å²) in [6.07, 6.45) is 8.57. The molecule has 0 spiro atoms. The van der Waals surface area contributed by atoms with Crippen molar-refractivity contribution < 1.29 is 0 Å². The molecular weight excluding hydrogens is 374 g/mol. The Morgan fingerprint density at radius 1 is 1.11 bits per heavy atom. The highest BCUT2D eigenvalue weighted by atomic mass is 35.5. The first-order chi connectivity index (χ1) is 13.7. The molecule has 3 aromatic heterocycles. The molecule has 2 aliphatic rings. The van der Waals surface area contributed by atoms with Crippen LogP contribution in [0.4, 0.5) is 17.6 Å². The van der Waals surface area contributed by atoms with Crippen LogP contribution >= 0.6 is 11.6 Å². The van der Waals surface area contributed by atoms with Crippen LogP contribution < -0.4 is 10.6 Å². The quantitative estimate of drug-likeness (QED) is 0.526. The smallest absolute Gasteiger partial charge is 0.225 e. The molecule has 0 bridgehead atoms. The molecule has 5 rings (SSSR count). The van der Waals surface area contributed by atoms with E-state index >= 15 is 0 Å². The van der Waals surface area contributed by atoms with E-state index in [4.69, 9.17) is 11.6 Å². The van der Waals surface area contributed by atoms with Gasteiger partial charge in [0.25, 0.3) is 0 Å². The van der Waals surface area contributed by atoms with Crippen molar-refractivity contribution in [1.29, 1.82) is 0 Å². The second-order valence-electron chi connectivity index (χ2n) is 7.65. The fraction of sp³-hybridized carbons (Fsp3) is 0.400. The van der Waals surface area contributed by atoms with E-state index < -0.39 is 0 Å². The molecule has 0 aromatic carbocycles. The van der Waals surface area contributed by atoms with Crippen LogP contribution in [0.5, 0.6) is 0 Å². The highest BCUT2D eigenvalue weighted by Gasteiger charge is 2.26. The maximum atomic E-state index is 6.27. The largest absolute Gasteiger partial charge is 0.346 e. The zero-order valence-electron chi connectivity index (χ0n) is 15.6. The Labute approximate surface area is 168 Å². The predicted molar refractivity (Wildman–Crippen MR) is 109 cm³/mol. The van der Waals surface area contributed by atoms with Crippen molar-refractivity contribution in [2.45, 2.75) is 50.5 Å². The lowest BCUT2D eigenvalue weighted by molar-refractivity contribution is 0.818. The van der Waals surface area contributed by atoms with Crippen LogP contribution in [-0.4, -0.2) is 25.1 Å². The van der Waals surface area contributed by atoms with Gasteiger partial charge < -0.3 is 10.6 Å². The van der Waals surface area contributed by atoms with Crippen LogP contribution in [0.2, 0.25) is 5.02 Å². The van der Waals surface area contributed by atoms with Gasteiger partial charge in [0, 0.05) is 23.9 Å². The number of nitrogens with one attached hydrogen (secondary N) is 3. The molecule has 144 valence electrons. The first-order valence-corrected chi connectivity index (χ1v) is 10.1. The number of pyridine rings is 1. The van der Waals surface area contributed by atoms with Crippen molar-refractivity contribution in [2.75, 3.05) is 10.6 Å². The Balaban J connectivity index is 1.28. The summed E-state index contributed by atoms with van der Waals surface area (Å²) in [6.45, 7) is 2.04. The molecule has 8 heteroatoms. The van der Waals surface area contributed by atoms with Gasteiger partial charge in [0.1, 0.15) is 5.02 Å². The molecule has 0 amide bonds. The summed E-state index contributed by atoms with van der Waals surface area (Å²) in [6, 6.07) is 6.23. The van der Waals surface area contributed by atoms with Crippen molar-refractivity contribution in [1.82, 2.24) is 25.1 Å². The van der Waals surface area contributed by atoms with Gasteiger partial charge in [-0.1, -0.05) is 17.7 Å². The fourth-order valence-corrected chi connectivity index (χ4v) is 3.39. The first-order valence-electron chi connectivity index (χ1n) is 9.73. The van der Waals surface area contributed by atoms with Gasteiger partial charge in [0.05, 0.1) is 17.9 Å². The number of rotatable bonds is 7. The molecule has 2 fully saturated rings. The number of aromatic nitrogens is 5. The average Bonchev–Trinajstić information content (AvgIpc) is 3.63. The Kier molecular flexibility index (Phi) is 4.39. The monoisotopic (exact) mass is 395 g/mol. The minimum atomic E-state index is -0.0193. The summed E-state index contributed by atoms with van der Waals surface area (Å²) in [4.78, 5) is 13.4. The van der Waals surface area contributed by atoms with Crippen molar-refractivity contribution in [3.63, 3.8) is 0 Å². The zero-order chi connectivity index (χ0) is 19.1. The van der Waals surface area contributed by atoms with E-state index in [1.54, 1.807) is 6.20 Å². The van der Waals surface area contributed by atoms with Crippen LogP contribution in [0, 0.1) is 0 Å². The van der Waals surface area contributed by atoms with Crippen LogP contribution in [0.15, 0.2) is 30.6 Å². The predicted octanol–water partition coefficient (Wildman–Crippen LogP) is 4.92. The number of hydrogen-bond donors (Lipinski definition) is 3. The lowest BCUT2D eigenvalue weighted by Crippen LogP contribution is -2.11. The van der Waals surface area contributed by atoms with Crippen molar-refractivity contribution >= 4 is 29.2 Å². The molecule has 3 heterocycles. The van der Waals surface area contributed by atoms with E-state index in [9.17, 15) is 0 Å². The summed E-state index contributed by atoms with van der Waals surface area (Å²) < 4.78 is 0. The molecule has 1 atom stereocenters. The molecule has 0 saturated heterocycles. The van der Waals surface area contributed by atoms with Gasteiger partial charge in [-0.2, -0.15) is 10.1 Å². The van der Waals surface area contributed by atoms with Gasteiger partial charge >= 0.3 is 0 Å². The number of H-pyrrole nitrogens is 1. The first kappa shape index (κ1) is 17.4. The Bertz CT molecular complexity index is 976. The molecule has 28 heavy (non-hydrogen) atoms. The minimum absolute atomic E-state index is 0.0193. The van der Waals surface area contributed by atoms with Crippen molar-refractivity contribution in [2.24, 2.45) is 0 Å². The lowest BCUT2D eigenvalue weighted by atomic mass is 10.1. The fourth-order valence-electron chi connectivity index (χ4n) is 3.25. The molecular formula is C20H22ClN7. The van der Waals surface area contributed by atoms with E-state index in [0.29, 0.717) is 34.4 Å². The SMILES string of the molecule is CC(Nc1ncc(Cl)c(Nc2cc(C3CC3)[nH]n2)n1)c1ccc(C2CC2)cn1. The molecule has 7 nitrogen and oxygen atoms in total. The topological polar surface area (TPSA) is 91.4 Å². The highest BCUT2D eigenvalue weighted by molar-refractivity contribution is 6.32. The zero-order valence-corrected chi connectivity index (χ0v) is 16.4. The standard InChI is InChI=1S/C20H22ClN7/c1-11(16-7-6-14(9-22-16)12-2-3-12)24-20-23-10-15(21)19(26-20)25-18-8-17(27-28-18)13-4-5-13/h6-13H,2-5H2,1H3,(H3,23,24,25,26,27,28). The van der Waals surface area contributed by atoms with E-state index in [1.807, 2.05) is 19.2 Å². The molecule has 1 unspecified atom stereocenters. The number of hydrogen-bond acceptors (Lipinski definition) is 6. The van der Waals surface area contributed by atoms with E-state index in [-0.39, 0.29) is 6.04 Å². The van der Waals surface area contributed by atoms with Gasteiger partial charge in [0.2, 0.25) is 5.95 Å². The molecule has 3 aromatic rings. The number of anilines is 3. The Hall–Kier alpha value is -2.67. The maximum Gasteiger partial charge on any atom is 0.225 e.